The van der Waals surface area contributed by atoms with Crippen LogP contribution in [0.3, 0.4) is 0 Å². The van der Waals surface area contributed by atoms with Crippen LogP contribution in [0.15, 0.2) is 28.1 Å². The lowest BCUT2D eigenvalue weighted by Crippen LogP contribution is -2.38. The summed E-state index contributed by atoms with van der Waals surface area (Å²) < 4.78 is 11.8. The second-order valence-corrected chi connectivity index (χ2v) is 8.89. The number of amides is 1. The van der Waals surface area contributed by atoms with Crippen molar-refractivity contribution in [3.05, 3.63) is 46.4 Å². The standard InChI is InChI=1S/C23H28N4O3S/c1-15-9-10-19(16(2)13-15)29-12-6-8-20(28)27-11-5-4-7-18(27)22-25-26-23(30-22)21-17(3)24-14-31-21/h9-10,13-14,18H,4-8,11-12H2,1-3H3. The molecule has 1 aromatic carbocycles. The summed E-state index contributed by atoms with van der Waals surface area (Å²) in [6.07, 6.45) is 3.99. The van der Waals surface area contributed by atoms with Crippen LogP contribution in [0, 0.1) is 20.8 Å². The fraction of sp³-hybridized carbons (Fsp3) is 0.478. The van der Waals surface area contributed by atoms with Gasteiger partial charge < -0.3 is 14.1 Å². The number of hydrogen-bond donors (Lipinski definition) is 0. The molecule has 8 heteroatoms. The molecular formula is C23H28N4O3S. The Morgan fingerprint density at radius 3 is 2.90 bits per heavy atom. The van der Waals surface area contributed by atoms with Crippen molar-refractivity contribution in [2.24, 2.45) is 0 Å². The summed E-state index contributed by atoms with van der Waals surface area (Å²) >= 11 is 1.48. The smallest absolute Gasteiger partial charge is 0.259 e. The molecule has 3 aromatic rings. The molecule has 2 aromatic heterocycles. The van der Waals surface area contributed by atoms with E-state index in [-0.39, 0.29) is 11.9 Å². The van der Waals surface area contributed by atoms with Crippen LogP contribution in [0.2, 0.25) is 0 Å². The number of ether oxygens (including phenoxy) is 1. The highest BCUT2D eigenvalue weighted by atomic mass is 32.1. The van der Waals surface area contributed by atoms with E-state index in [1.807, 2.05) is 30.9 Å². The number of likely N-dealkylation sites (tertiary alicyclic amines) is 1. The minimum absolute atomic E-state index is 0.114. The Labute approximate surface area is 186 Å². The van der Waals surface area contributed by atoms with Crippen molar-refractivity contribution in [3.8, 4) is 16.5 Å². The molecule has 1 fully saturated rings. The van der Waals surface area contributed by atoms with Crippen molar-refractivity contribution >= 4 is 17.2 Å². The van der Waals surface area contributed by atoms with Gasteiger partial charge in [-0.05, 0) is 58.1 Å². The molecule has 7 nitrogen and oxygen atoms in total. The van der Waals surface area contributed by atoms with Gasteiger partial charge in [-0.25, -0.2) is 4.98 Å². The first kappa shape index (κ1) is 21.5. The van der Waals surface area contributed by atoms with Crippen LogP contribution in [0.1, 0.15) is 60.9 Å². The van der Waals surface area contributed by atoms with Gasteiger partial charge in [0.1, 0.15) is 16.7 Å². The van der Waals surface area contributed by atoms with Crippen LogP contribution < -0.4 is 4.74 Å². The molecule has 0 spiro atoms. The Kier molecular flexibility index (Phi) is 6.65. The summed E-state index contributed by atoms with van der Waals surface area (Å²) in [4.78, 5) is 20.0. The average Bonchev–Trinajstić information content (AvgIpc) is 3.41. The Hall–Kier alpha value is -2.74. The van der Waals surface area contributed by atoms with Crippen LogP contribution in [0.25, 0.3) is 10.8 Å². The lowest BCUT2D eigenvalue weighted by molar-refractivity contribution is -0.135. The minimum atomic E-state index is -0.156. The maximum atomic E-state index is 13.0. The van der Waals surface area contributed by atoms with Gasteiger partial charge in [0, 0.05) is 13.0 Å². The molecule has 0 N–H and O–H groups in total. The van der Waals surface area contributed by atoms with Gasteiger partial charge in [-0.1, -0.05) is 17.7 Å². The highest BCUT2D eigenvalue weighted by Gasteiger charge is 2.32. The number of aromatic nitrogens is 3. The van der Waals surface area contributed by atoms with Crippen molar-refractivity contribution in [1.29, 1.82) is 0 Å². The summed E-state index contributed by atoms with van der Waals surface area (Å²) in [6, 6.07) is 5.98. The quantitative estimate of drug-likeness (QED) is 0.479. The summed E-state index contributed by atoms with van der Waals surface area (Å²) in [5.41, 5.74) is 4.97. The Bertz CT molecular complexity index is 1050. The van der Waals surface area contributed by atoms with Gasteiger partial charge in [-0.3, -0.25) is 4.79 Å². The van der Waals surface area contributed by atoms with Crippen molar-refractivity contribution in [2.45, 2.75) is 58.9 Å². The highest BCUT2D eigenvalue weighted by molar-refractivity contribution is 7.13. The minimum Gasteiger partial charge on any atom is -0.493 e. The van der Waals surface area contributed by atoms with E-state index in [1.54, 1.807) is 5.51 Å². The fourth-order valence-electron chi connectivity index (χ4n) is 3.97. The molecule has 0 radical (unpaired) electrons. The largest absolute Gasteiger partial charge is 0.493 e. The molecule has 0 aliphatic carbocycles. The number of benzene rings is 1. The van der Waals surface area contributed by atoms with Crippen LogP contribution in [0.4, 0.5) is 0 Å². The molecule has 1 unspecified atom stereocenters. The summed E-state index contributed by atoms with van der Waals surface area (Å²) in [6.45, 7) is 7.27. The predicted octanol–water partition coefficient (Wildman–Crippen LogP) is 5.03. The zero-order chi connectivity index (χ0) is 21.8. The van der Waals surface area contributed by atoms with Gasteiger partial charge in [0.2, 0.25) is 11.8 Å². The third kappa shape index (κ3) is 4.95. The van der Waals surface area contributed by atoms with Crippen LogP contribution in [0.5, 0.6) is 5.75 Å². The van der Waals surface area contributed by atoms with Gasteiger partial charge >= 0.3 is 0 Å². The third-order valence-electron chi connectivity index (χ3n) is 5.61. The van der Waals surface area contributed by atoms with Gasteiger partial charge in [0.05, 0.1) is 17.8 Å². The Balaban J connectivity index is 1.35. The van der Waals surface area contributed by atoms with Crippen molar-refractivity contribution in [1.82, 2.24) is 20.1 Å². The van der Waals surface area contributed by atoms with E-state index in [4.69, 9.17) is 9.15 Å². The molecule has 1 aliphatic heterocycles. The fourth-order valence-corrected chi connectivity index (χ4v) is 4.69. The van der Waals surface area contributed by atoms with E-state index in [9.17, 15) is 4.79 Å². The summed E-state index contributed by atoms with van der Waals surface area (Å²) in [5.74, 6) is 1.99. The SMILES string of the molecule is Cc1ccc(OCCCC(=O)N2CCCCC2c2nnc(-c3scnc3C)o2)c(C)c1. The molecular weight excluding hydrogens is 412 g/mol. The van der Waals surface area contributed by atoms with Gasteiger partial charge in [0.25, 0.3) is 5.89 Å². The van der Waals surface area contributed by atoms with Crippen LogP contribution in [-0.4, -0.2) is 39.1 Å². The topological polar surface area (TPSA) is 81.4 Å². The highest BCUT2D eigenvalue weighted by Crippen LogP contribution is 2.33. The first-order valence-electron chi connectivity index (χ1n) is 10.8. The lowest BCUT2D eigenvalue weighted by Gasteiger charge is -2.33. The van der Waals surface area contributed by atoms with Gasteiger partial charge in [0.15, 0.2) is 0 Å². The van der Waals surface area contributed by atoms with Crippen LogP contribution in [-0.2, 0) is 4.79 Å². The van der Waals surface area contributed by atoms with Crippen molar-refractivity contribution < 1.29 is 13.9 Å². The Morgan fingerprint density at radius 2 is 2.13 bits per heavy atom. The number of carbonyl (C=O) groups is 1. The zero-order valence-corrected chi connectivity index (χ0v) is 19.1. The Morgan fingerprint density at radius 1 is 1.26 bits per heavy atom. The molecule has 1 aliphatic rings. The molecule has 31 heavy (non-hydrogen) atoms. The molecule has 1 amide bonds. The number of rotatable bonds is 7. The molecule has 1 atom stereocenters. The second kappa shape index (κ2) is 9.60. The normalized spacial score (nSPS) is 16.5. The summed E-state index contributed by atoms with van der Waals surface area (Å²) in [5, 5.41) is 8.47. The number of aryl methyl sites for hydroxylation is 3. The van der Waals surface area contributed by atoms with E-state index >= 15 is 0 Å². The van der Waals surface area contributed by atoms with Crippen molar-refractivity contribution in [2.75, 3.05) is 13.2 Å². The molecule has 0 bridgehead atoms. The van der Waals surface area contributed by atoms with E-state index in [0.29, 0.717) is 31.2 Å². The summed E-state index contributed by atoms with van der Waals surface area (Å²) in [7, 11) is 0. The molecule has 3 heterocycles. The molecule has 0 saturated carbocycles. The average molecular weight is 441 g/mol. The van der Waals surface area contributed by atoms with Gasteiger partial charge in [-0.15, -0.1) is 21.5 Å². The number of nitrogens with zero attached hydrogens (tertiary/aromatic N) is 4. The van der Waals surface area contributed by atoms with E-state index < -0.39 is 0 Å². The third-order valence-corrected chi connectivity index (χ3v) is 6.53. The van der Waals surface area contributed by atoms with Crippen molar-refractivity contribution in [3.63, 3.8) is 0 Å². The second-order valence-electron chi connectivity index (χ2n) is 8.03. The predicted molar refractivity (Wildman–Crippen MR) is 119 cm³/mol. The van der Waals surface area contributed by atoms with E-state index in [2.05, 4.69) is 28.2 Å². The van der Waals surface area contributed by atoms with Crippen LogP contribution >= 0.6 is 11.3 Å². The number of thiazole rings is 1. The first-order chi connectivity index (χ1) is 15.0. The first-order valence-corrected chi connectivity index (χ1v) is 11.6. The van der Waals surface area contributed by atoms with E-state index in [1.165, 1.54) is 16.9 Å². The molecule has 1 saturated heterocycles. The zero-order valence-electron chi connectivity index (χ0n) is 18.3. The van der Waals surface area contributed by atoms with Gasteiger partial charge in [-0.2, -0.15) is 0 Å². The lowest BCUT2D eigenvalue weighted by atomic mass is 10.0. The molecule has 4 rings (SSSR count). The number of piperidine rings is 1. The number of carbonyl (C=O) groups excluding carboxylic acids is 1. The van der Waals surface area contributed by atoms with E-state index in [0.717, 1.165) is 47.7 Å². The molecule has 164 valence electrons. The maximum Gasteiger partial charge on any atom is 0.259 e. The maximum absolute atomic E-state index is 13.0. The monoisotopic (exact) mass is 440 g/mol. The number of hydrogen-bond acceptors (Lipinski definition) is 7.